The van der Waals surface area contributed by atoms with Gasteiger partial charge in [0.25, 0.3) is 0 Å². The van der Waals surface area contributed by atoms with Crippen molar-refractivity contribution in [2.24, 2.45) is 0 Å². The van der Waals surface area contributed by atoms with Gasteiger partial charge in [0.05, 0.1) is 12.4 Å². The van der Waals surface area contributed by atoms with Crippen molar-refractivity contribution < 1.29 is 19.7 Å². The van der Waals surface area contributed by atoms with E-state index in [1.807, 2.05) is 18.7 Å². The number of imidazole rings is 1. The minimum absolute atomic E-state index is 0.105. The number of nitrogen functional groups attached to an aromatic ring is 1. The average molecular weight is 560 g/mol. The van der Waals surface area contributed by atoms with Crippen molar-refractivity contribution in [1.29, 1.82) is 0 Å². The van der Waals surface area contributed by atoms with Gasteiger partial charge in [0.15, 0.2) is 17.3 Å². The summed E-state index contributed by atoms with van der Waals surface area (Å²) in [6, 6.07) is 8.57. The number of rotatable bonds is 11. The Morgan fingerprint density at radius 2 is 1.75 bits per heavy atom. The Morgan fingerprint density at radius 1 is 1.12 bits per heavy atom. The molecule has 0 aliphatic heterocycles. The van der Waals surface area contributed by atoms with Crippen molar-refractivity contribution in [2.75, 3.05) is 45.3 Å². The molecule has 2 heterocycles. The molecule has 5 N–H and O–H groups in total. The third-order valence-electron chi connectivity index (χ3n) is 5.87. The summed E-state index contributed by atoms with van der Waals surface area (Å²) in [6.07, 6.45) is 6.56. The number of nitrogens with two attached hydrogens (primary N) is 1. The highest BCUT2D eigenvalue weighted by Crippen LogP contribution is 2.23. The van der Waals surface area contributed by atoms with E-state index in [4.69, 9.17) is 20.7 Å². The van der Waals surface area contributed by atoms with Crippen LogP contribution in [0.25, 0.3) is 11.2 Å². The van der Waals surface area contributed by atoms with Gasteiger partial charge in [-0.05, 0) is 63.4 Å². The molecule has 0 saturated carbocycles. The Kier molecular flexibility index (Phi) is 14.7. The number of anilines is 2. The van der Waals surface area contributed by atoms with Crippen LogP contribution in [-0.2, 0) is 21.5 Å². The Labute approximate surface area is 238 Å². The van der Waals surface area contributed by atoms with Crippen molar-refractivity contribution in [2.45, 2.75) is 77.7 Å². The second-order valence-electron chi connectivity index (χ2n) is 11.2. The Bertz CT molecular complexity index is 1120. The highest BCUT2D eigenvalue weighted by molar-refractivity contribution is 5.81. The van der Waals surface area contributed by atoms with Crippen molar-refractivity contribution in [1.82, 2.24) is 24.4 Å². The fraction of sp³-hybridized carbons (Fsp3) is 0.586. The van der Waals surface area contributed by atoms with Crippen molar-refractivity contribution >= 4 is 29.0 Å². The lowest BCUT2D eigenvalue weighted by Gasteiger charge is -2.23. The predicted octanol–water partition coefficient (Wildman–Crippen LogP) is 3.46. The quantitative estimate of drug-likeness (QED) is 0.156. The fourth-order valence-electron chi connectivity index (χ4n) is 3.65. The van der Waals surface area contributed by atoms with E-state index in [2.05, 4.69) is 70.2 Å². The molecule has 11 nitrogen and oxygen atoms in total. The van der Waals surface area contributed by atoms with Gasteiger partial charge < -0.3 is 40.3 Å². The maximum absolute atomic E-state index is 10.4. The molecule has 0 radical (unpaired) electrons. The van der Waals surface area contributed by atoms with E-state index < -0.39 is 5.79 Å². The number of carbonyl (C=O) groups excluding carboxylic acids is 1. The van der Waals surface area contributed by atoms with Crippen LogP contribution >= 0.6 is 0 Å². The van der Waals surface area contributed by atoms with Gasteiger partial charge in [-0.3, -0.25) is 0 Å². The molecule has 40 heavy (non-hydrogen) atoms. The minimum atomic E-state index is -1.50. The lowest BCUT2D eigenvalue weighted by atomic mass is 9.87. The number of hydrogen-bond acceptors (Lipinski definition) is 10. The van der Waals surface area contributed by atoms with E-state index in [1.165, 1.54) is 31.4 Å². The number of likely N-dealkylation sites (N-methyl/N-ethyl adjacent to an activating group) is 1. The fourth-order valence-corrected chi connectivity index (χ4v) is 3.65. The van der Waals surface area contributed by atoms with Gasteiger partial charge in [-0.2, -0.15) is 0 Å². The van der Waals surface area contributed by atoms with Gasteiger partial charge in [-0.25, -0.2) is 15.0 Å². The van der Waals surface area contributed by atoms with E-state index in [-0.39, 0.29) is 11.5 Å². The number of nitrogens with zero attached hydrogens (tertiary/aromatic N) is 5. The number of nitrogens with one attached hydrogen (secondary N) is 1. The molecule has 0 aliphatic carbocycles. The van der Waals surface area contributed by atoms with Gasteiger partial charge in [-0.15, -0.1) is 0 Å². The molecule has 224 valence electrons. The van der Waals surface area contributed by atoms with Crippen LogP contribution in [-0.4, -0.2) is 87.1 Å². The molecular formula is C29H49N7O4. The summed E-state index contributed by atoms with van der Waals surface area (Å²) in [7, 11) is 5.69. The third-order valence-corrected chi connectivity index (χ3v) is 5.87. The van der Waals surface area contributed by atoms with E-state index in [1.54, 1.807) is 13.4 Å². The van der Waals surface area contributed by atoms with Crippen LogP contribution in [0.3, 0.4) is 0 Å². The van der Waals surface area contributed by atoms with Crippen LogP contribution < -0.4 is 11.1 Å². The zero-order valence-corrected chi connectivity index (χ0v) is 25.4. The molecule has 0 aliphatic rings. The number of benzene rings is 1. The Hall–Kier alpha value is -3.12. The maximum atomic E-state index is 10.4. The number of hydrogen-bond donors (Lipinski definition) is 4. The number of fused-ring (bicyclic) bond motifs is 1. The number of aldehydes is 1. The zero-order chi connectivity index (χ0) is 30.3. The summed E-state index contributed by atoms with van der Waals surface area (Å²) in [6.45, 7) is 11.7. The first-order valence-corrected chi connectivity index (χ1v) is 13.5. The summed E-state index contributed by atoms with van der Waals surface area (Å²) in [4.78, 5) is 25.0. The molecular weight excluding hydrogens is 510 g/mol. The van der Waals surface area contributed by atoms with E-state index >= 15 is 0 Å². The van der Waals surface area contributed by atoms with Crippen LogP contribution in [0.5, 0.6) is 0 Å². The van der Waals surface area contributed by atoms with Crippen molar-refractivity contribution in [3.05, 3.63) is 42.5 Å². The number of methoxy groups -OCH3 is 1. The highest BCUT2D eigenvalue weighted by Gasteiger charge is 2.14. The largest absolute Gasteiger partial charge is 0.388 e. The first-order chi connectivity index (χ1) is 18.7. The van der Waals surface area contributed by atoms with Crippen molar-refractivity contribution in [3.63, 3.8) is 0 Å². The number of aromatic nitrogens is 4. The van der Waals surface area contributed by atoms with E-state index in [0.717, 1.165) is 44.4 Å². The highest BCUT2D eigenvalue weighted by atomic mass is 16.5. The first-order valence-electron chi connectivity index (χ1n) is 13.5. The SMILES string of the molecule is CC(C)(O)O.CNc1ccc(C(C)(C)C)cc1.COC(CCn1cnc2c(N)ncnc21)CN(C)CCCC=O. The topological polar surface area (TPSA) is 152 Å². The summed E-state index contributed by atoms with van der Waals surface area (Å²) in [5, 5.41) is 19.3. The number of aryl methyl sites for hydroxylation is 1. The number of ether oxygens (including phenoxy) is 1. The van der Waals surface area contributed by atoms with E-state index in [9.17, 15) is 4.79 Å². The molecule has 0 fully saturated rings. The monoisotopic (exact) mass is 559 g/mol. The van der Waals surface area contributed by atoms with Crippen LogP contribution in [0.1, 0.15) is 59.4 Å². The smallest absolute Gasteiger partial charge is 0.165 e. The number of unbranched alkanes of at least 4 members (excludes halogenated alkanes) is 1. The van der Waals surface area contributed by atoms with Gasteiger partial charge in [-0.1, -0.05) is 32.9 Å². The molecule has 3 aromatic rings. The van der Waals surface area contributed by atoms with Crippen LogP contribution in [0.2, 0.25) is 0 Å². The maximum Gasteiger partial charge on any atom is 0.165 e. The lowest BCUT2D eigenvalue weighted by molar-refractivity contribution is -0.127. The molecule has 11 heteroatoms. The molecule has 1 unspecified atom stereocenters. The van der Waals surface area contributed by atoms with E-state index in [0.29, 0.717) is 17.8 Å². The second kappa shape index (κ2) is 16.9. The second-order valence-corrected chi connectivity index (χ2v) is 11.2. The molecule has 1 aromatic carbocycles. The van der Waals surface area contributed by atoms with Crippen molar-refractivity contribution in [3.8, 4) is 0 Å². The molecule has 0 amide bonds. The van der Waals surface area contributed by atoms with Gasteiger partial charge in [0, 0.05) is 39.4 Å². The van der Waals surface area contributed by atoms with Gasteiger partial charge >= 0.3 is 0 Å². The number of carbonyl (C=O) groups is 1. The predicted molar refractivity (Wildman–Crippen MR) is 161 cm³/mol. The minimum Gasteiger partial charge on any atom is -0.388 e. The third kappa shape index (κ3) is 13.8. The molecule has 1 atom stereocenters. The molecule has 0 saturated heterocycles. The van der Waals surface area contributed by atoms with Crippen LogP contribution in [0.15, 0.2) is 36.9 Å². The average Bonchev–Trinajstić information content (AvgIpc) is 3.30. The first kappa shape index (κ1) is 34.9. The molecule has 3 rings (SSSR count). The van der Waals surface area contributed by atoms with Crippen LogP contribution in [0.4, 0.5) is 11.5 Å². The number of aliphatic hydroxyl groups is 2. The molecule has 2 aromatic heterocycles. The Balaban J connectivity index is 0.000000391. The van der Waals surface area contributed by atoms with Gasteiger partial charge in [0.2, 0.25) is 0 Å². The Morgan fingerprint density at radius 3 is 2.27 bits per heavy atom. The molecule has 0 bridgehead atoms. The lowest BCUT2D eigenvalue weighted by Crippen LogP contribution is -2.32. The summed E-state index contributed by atoms with van der Waals surface area (Å²) < 4.78 is 7.52. The zero-order valence-electron chi connectivity index (χ0n) is 25.4. The van der Waals surface area contributed by atoms with Crippen LogP contribution in [0, 0.1) is 0 Å². The standard InChI is InChI=1S/C15H24N6O2.C11H17N.C3H8O2/c1-20(6-3-4-8-22)9-12(23-2)5-7-21-11-19-13-14(16)17-10-18-15(13)21;1-11(2,3)9-5-7-10(12-4)8-6-9;1-3(2,4)5/h8,10-12H,3-7,9H2,1-2H3,(H2,16,17,18);5-8,12H,1-4H3;4-5H,1-2H3. The summed E-state index contributed by atoms with van der Waals surface area (Å²) >= 11 is 0. The van der Waals surface area contributed by atoms with Gasteiger partial charge in [0.1, 0.15) is 18.1 Å². The normalized spacial score (nSPS) is 12.3. The molecule has 0 spiro atoms. The summed E-state index contributed by atoms with van der Waals surface area (Å²) in [5.74, 6) is -1.10. The summed E-state index contributed by atoms with van der Waals surface area (Å²) in [5.41, 5.74) is 9.97.